The van der Waals surface area contributed by atoms with Gasteiger partial charge in [0.1, 0.15) is 6.67 Å². The lowest BCUT2D eigenvalue weighted by Gasteiger charge is -1.87. The summed E-state index contributed by atoms with van der Waals surface area (Å²) < 4.78 is 12.7. The average molecular weight is 113 g/mol. The first-order valence-corrected chi connectivity index (χ1v) is 2.18. The summed E-state index contributed by atoms with van der Waals surface area (Å²) in [5, 5.41) is 3.49. The summed E-state index contributed by atoms with van der Waals surface area (Å²) in [5.74, 6) is 0. The van der Waals surface area contributed by atoms with Crippen LogP contribution < -0.4 is 0 Å². The Kier molecular flexibility index (Phi) is 1.56. The maximum absolute atomic E-state index is 11.4. The highest BCUT2D eigenvalue weighted by Gasteiger charge is 1.87. The lowest BCUT2D eigenvalue weighted by molar-refractivity contribution is 0.425. The predicted octanol–water partition coefficient (Wildman–Crippen LogP) is -0.152. The van der Waals surface area contributed by atoms with E-state index in [9.17, 15) is 4.39 Å². The molecule has 1 heterocycles. The lowest BCUT2D eigenvalue weighted by Crippen LogP contribution is -1.99. The molecule has 0 fully saturated rings. The SMILES string of the molecule is FCCn1[c]n[c]n1. The summed E-state index contributed by atoms with van der Waals surface area (Å²) in [5.41, 5.74) is 0. The zero-order valence-corrected chi connectivity index (χ0v) is 4.13. The Hall–Kier alpha value is -0.930. The highest BCUT2D eigenvalue weighted by Crippen LogP contribution is 1.77. The third-order valence-corrected chi connectivity index (χ3v) is 0.677. The van der Waals surface area contributed by atoms with Crippen LogP contribution >= 0.6 is 0 Å². The Labute approximate surface area is 46.2 Å². The summed E-state index contributed by atoms with van der Waals surface area (Å²) in [6.07, 6.45) is 4.65. The van der Waals surface area contributed by atoms with Crippen molar-refractivity contribution in [2.24, 2.45) is 0 Å². The zero-order valence-electron chi connectivity index (χ0n) is 4.13. The van der Waals surface area contributed by atoms with Gasteiger partial charge >= 0.3 is 0 Å². The molecule has 0 amide bonds. The van der Waals surface area contributed by atoms with E-state index in [-0.39, 0.29) is 6.54 Å². The molecule has 0 spiro atoms. The van der Waals surface area contributed by atoms with Gasteiger partial charge in [0, 0.05) is 0 Å². The molecule has 0 saturated carbocycles. The van der Waals surface area contributed by atoms with Crippen LogP contribution in [-0.4, -0.2) is 21.4 Å². The van der Waals surface area contributed by atoms with Gasteiger partial charge in [-0.2, -0.15) is 0 Å². The third-order valence-electron chi connectivity index (χ3n) is 0.677. The Balaban J connectivity index is 2.50. The van der Waals surface area contributed by atoms with Crippen molar-refractivity contribution in [1.82, 2.24) is 14.8 Å². The number of aryl methyl sites for hydroxylation is 1. The standard InChI is InChI=1S/C4H4FN3/c5-1-2-8-4-6-3-7-8/h1-2H2. The molecule has 0 bridgehead atoms. The van der Waals surface area contributed by atoms with Gasteiger partial charge in [0.2, 0.25) is 6.33 Å². The summed E-state index contributed by atoms with van der Waals surface area (Å²) in [7, 11) is 0. The van der Waals surface area contributed by atoms with Gasteiger partial charge in [-0.05, 0) is 0 Å². The zero-order chi connectivity index (χ0) is 5.82. The van der Waals surface area contributed by atoms with Crippen molar-refractivity contribution in [3.63, 3.8) is 0 Å². The van der Waals surface area contributed by atoms with Gasteiger partial charge < -0.3 is 0 Å². The first-order valence-electron chi connectivity index (χ1n) is 2.18. The van der Waals surface area contributed by atoms with Gasteiger partial charge in [-0.3, -0.25) is 0 Å². The van der Waals surface area contributed by atoms with Crippen LogP contribution in [0.25, 0.3) is 0 Å². The number of hydrogen-bond acceptors (Lipinski definition) is 2. The quantitative estimate of drug-likeness (QED) is 0.534. The molecule has 42 valence electrons. The summed E-state index contributed by atoms with van der Waals surface area (Å²) in [6, 6.07) is 0. The van der Waals surface area contributed by atoms with E-state index in [1.54, 1.807) is 0 Å². The molecule has 1 aromatic rings. The van der Waals surface area contributed by atoms with E-state index >= 15 is 0 Å². The highest BCUT2D eigenvalue weighted by molar-refractivity contribution is 4.49. The van der Waals surface area contributed by atoms with Gasteiger partial charge in [0.15, 0.2) is 6.33 Å². The predicted molar refractivity (Wildman–Crippen MR) is 23.7 cm³/mol. The van der Waals surface area contributed by atoms with E-state index in [0.717, 1.165) is 0 Å². The molecule has 2 radical (unpaired) electrons. The second kappa shape index (κ2) is 2.40. The number of aromatic nitrogens is 3. The number of alkyl halides is 1. The van der Waals surface area contributed by atoms with Crippen molar-refractivity contribution >= 4 is 0 Å². The number of rotatable bonds is 2. The number of halogens is 1. The van der Waals surface area contributed by atoms with Crippen molar-refractivity contribution in [2.75, 3.05) is 6.67 Å². The van der Waals surface area contributed by atoms with E-state index < -0.39 is 6.67 Å². The molecule has 0 atom stereocenters. The minimum Gasteiger partial charge on any atom is -0.249 e. The molecule has 0 aliphatic carbocycles. The molecular weight excluding hydrogens is 109 g/mol. The second-order valence-corrected chi connectivity index (χ2v) is 1.22. The molecule has 0 N–H and O–H groups in total. The molecule has 1 aromatic heterocycles. The minimum absolute atomic E-state index is 0.219. The molecule has 0 aliphatic rings. The van der Waals surface area contributed by atoms with Gasteiger partial charge in [0.25, 0.3) is 0 Å². The van der Waals surface area contributed by atoms with Crippen molar-refractivity contribution in [1.29, 1.82) is 0 Å². The van der Waals surface area contributed by atoms with Gasteiger partial charge in [-0.1, -0.05) is 0 Å². The van der Waals surface area contributed by atoms with Crippen molar-refractivity contribution < 1.29 is 4.39 Å². The maximum atomic E-state index is 11.4. The van der Waals surface area contributed by atoms with Crippen LogP contribution in [0.15, 0.2) is 0 Å². The third kappa shape index (κ3) is 1.02. The Bertz CT molecular complexity index is 137. The highest BCUT2D eigenvalue weighted by atomic mass is 19.1. The minimum atomic E-state index is -0.437. The normalized spacial score (nSPS) is 9.62. The fourth-order valence-corrected chi connectivity index (χ4v) is 0.359. The van der Waals surface area contributed by atoms with Crippen molar-refractivity contribution in [3.05, 3.63) is 12.7 Å². The molecule has 0 saturated heterocycles. The topological polar surface area (TPSA) is 30.7 Å². The monoisotopic (exact) mass is 113 g/mol. The largest absolute Gasteiger partial charge is 0.249 e. The van der Waals surface area contributed by atoms with Crippen LogP contribution in [-0.2, 0) is 6.54 Å². The van der Waals surface area contributed by atoms with E-state index in [2.05, 4.69) is 22.7 Å². The van der Waals surface area contributed by atoms with Crippen LogP contribution in [0.1, 0.15) is 0 Å². The Morgan fingerprint density at radius 1 is 1.62 bits per heavy atom. The van der Waals surface area contributed by atoms with E-state index in [0.29, 0.717) is 0 Å². The van der Waals surface area contributed by atoms with Gasteiger partial charge in [0.05, 0.1) is 6.54 Å². The van der Waals surface area contributed by atoms with Crippen molar-refractivity contribution in [2.45, 2.75) is 6.54 Å². The molecule has 4 heteroatoms. The average Bonchev–Trinajstić information content (AvgIpc) is 2.19. The second-order valence-electron chi connectivity index (χ2n) is 1.22. The van der Waals surface area contributed by atoms with E-state index in [1.165, 1.54) is 4.68 Å². The lowest BCUT2D eigenvalue weighted by atomic mass is 10.7. The molecule has 0 unspecified atom stereocenters. The number of hydrogen-bond donors (Lipinski definition) is 0. The van der Waals surface area contributed by atoms with Crippen LogP contribution in [0, 0.1) is 12.7 Å². The number of nitrogens with zero attached hydrogens (tertiary/aromatic N) is 3. The van der Waals surface area contributed by atoms with Gasteiger partial charge in [-0.15, -0.1) is 5.10 Å². The van der Waals surface area contributed by atoms with E-state index in [4.69, 9.17) is 0 Å². The maximum Gasteiger partial charge on any atom is 0.221 e. The summed E-state index contributed by atoms with van der Waals surface area (Å²) in [6.45, 7) is -0.218. The fraction of sp³-hybridized carbons (Fsp3) is 0.500. The first-order chi connectivity index (χ1) is 3.93. The van der Waals surface area contributed by atoms with Gasteiger partial charge in [-0.25, -0.2) is 14.1 Å². The fourth-order valence-electron chi connectivity index (χ4n) is 0.359. The first kappa shape index (κ1) is 5.21. The Morgan fingerprint density at radius 3 is 3.00 bits per heavy atom. The van der Waals surface area contributed by atoms with Crippen LogP contribution in [0.5, 0.6) is 0 Å². The molecule has 3 nitrogen and oxygen atoms in total. The van der Waals surface area contributed by atoms with Crippen LogP contribution in [0.3, 0.4) is 0 Å². The van der Waals surface area contributed by atoms with Crippen molar-refractivity contribution in [3.8, 4) is 0 Å². The Morgan fingerprint density at radius 2 is 2.50 bits per heavy atom. The molecule has 8 heavy (non-hydrogen) atoms. The smallest absolute Gasteiger partial charge is 0.221 e. The summed E-state index contributed by atoms with van der Waals surface area (Å²) in [4.78, 5) is 3.38. The van der Waals surface area contributed by atoms with Crippen LogP contribution in [0.4, 0.5) is 4.39 Å². The summed E-state index contributed by atoms with van der Waals surface area (Å²) >= 11 is 0. The molecule has 0 aromatic carbocycles. The molecular formula is C4H4FN3. The van der Waals surface area contributed by atoms with E-state index in [1.807, 2.05) is 0 Å². The van der Waals surface area contributed by atoms with Crippen LogP contribution in [0.2, 0.25) is 0 Å². The molecule has 0 aliphatic heterocycles. The molecule has 1 rings (SSSR count).